The zero-order valence-electron chi connectivity index (χ0n) is 10.3. The summed E-state index contributed by atoms with van der Waals surface area (Å²) in [6, 6.07) is 5.76. The van der Waals surface area contributed by atoms with Crippen molar-refractivity contribution in [3.05, 3.63) is 39.9 Å². The Kier molecular flexibility index (Phi) is 5.19. The molecule has 1 aromatic carbocycles. The molecule has 0 amide bonds. The molecule has 0 unspecified atom stereocenters. The van der Waals surface area contributed by atoms with Crippen LogP contribution in [-0.2, 0) is 0 Å². The van der Waals surface area contributed by atoms with E-state index in [0.717, 1.165) is 0 Å². The van der Waals surface area contributed by atoms with Crippen molar-refractivity contribution in [2.45, 2.75) is 13.8 Å². The van der Waals surface area contributed by atoms with Gasteiger partial charge in [0.05, 0.1) is 0 Å². The summed E-state index contributed by atoms with van der Waals surface area (Å²) < 4.78 is 0.487. The summed E-state index contributed by atoms with van der Waals surface area (Å²) in [5.41, 5.74) is 0.248. The van der Waals surface area contributed by atoms with E-state index in [1.165, 1.54) is 18.2 Å². The Bertz CT molecular complexity index is 484. The third kappa shape index (κ3) is 3.24. The van der Waals surface area contributed by atoms with Gasteiger partial charge in [0.25, 0.3) is 0 Å². The van der Waals surface area contributed by atoms with Crippen LogP contribution in [0.5, 0.6) is 0 Å². The number of nitro benzene ring substituents is 1. The number of hydrogen-bond donors (Lipinski definition) is 0. The molecule has 0 radical (unpaired) electrons. The third-order valence-electron chi connectivity index (χ3n) is 2.56. The third-order valence-corrected chi connectivity index (χ3v) is 3.49. The van der Waals surface area contributed by atoms with E-state index >= 15 is 0 Å². The molecule has 0 aliphatic heterocycles. The standard InChI is InChI=1S/C12H14N2O3Se/c1-3-13(4-2)12(18)11(15)9-6-5-7-10(8-9)14(16)17/h5-8H,3-4H2,1-2H3. The molecule has 0 spiro atoms. The summed E-state index contributed by atoms with van der Waals surface area (Å²) in [5.74, 6) is -0.220. The Balaban J connectivity index is 3.00. The van der Waals surface area contributed by atoms with Crippen LogP contribution in [0.1, 0.15) is 24.2 Å². The molecule has 1 rings (SSSR count). The van der Waals surface area contributed by atoms with Crippen LogP contribution in [0, 0.1) is 10.1 Å². The van der Waals surface area contributed by atoms with Crippen LogP contribution in [0.15, 0.2) is 24.3 Å². The SMILES string of the molecule is CCN(CC)C(=[Se])C(=O)c1cccc([N+](=O)[O-])c1. The maximum absolute atomic E-state index is 12.1. The van der Waals surface area contributed by atoms with Gasteiger partial charge in [-0.25, -0.2) is 0 Å². The average Bonchev–Trinajstić information content (AvgIpc) is 2.39. The van der Waals surface area contributed by atoms with Crippen molar-refractivity contribution in [3.63, 3.8) is 0 Å². The second-order valence-corrected chi connectivity index (χ2v) is 4.43. The number of rotatable bonds is 6. The van der Waals surface area contributed by atoms with Crippen LogP contribution >= 0.6 is 0 Å². The number of Topliss-reactive ketones (excluding diaryl/α,β-unsaturated/α-hetero) is 1. The van der Waals surface area contributed by atoms with Crippen molar-refractivity contribution in [2.24, 2.45) is 0 Å². The predicted octanol–water partition coefficient (Wildman–Crippen LogP) is 1.42. The van der Waals surface area contributed by atoms with Gasteiger partial charge in [0.2, 0.25) is 0 Å². The minimum atomic E-state index is -0.507. The van der Waals surface area contributed by atoms with Gasteiger partial charge in [-0.3, -0.25) is 0 Å². The summed E-state index contributed by atoms with van der Waals surface area (Å²) in [6.07, 6.45) is 0. The van der Waals surface area contributed by atoms with Gasteiger partial charge < -0.3 is 0 Å². The molecule has 18 heavy (non-hydrogen) atoms. The van der Waals surface area contributed by atoms with Crippen molar-refractivity contribution >= 4 is 31.6 Å². The molecule has 0 bridgehead atoms. The second kappa shape index (κ2) is 6.42. The summed E-state index contributed by atoms with van der Waals surface area (Å²) in [6.45, 7) is 5.31. The number of hydrogen-bond acceptors (Lipinski definition) is 4. The molecule has 96 valence electrons. The number of nitro groups is 1. The van der Waals surface area contributed by atoms with Gasteiger partial charge in [-0.15, -0.1) is 0 Å². The zero-order chi connectivity index (χ0) is 13.7. The van der Waals surface area contributed by atoms with Gasteiger partial charge in [0.15, 0.2) is 0 Å². The van der Waals surface area contributed by atoms with Crippen LogP contribution in [0.4, 0.5) is 5.69 Å². The van der Waals surface area contributed by atoms with E-state index in [1.54, 1.807) is 6.07 Å². The van der Waals surface area contributed by atoms with Crippen LogP contribution < -0.4 is 0 Å². The first-order valence-corrected chi connectivity index (χ1v) is 6.45. The van der Waals surface area contributed by atoms with Gasteiger partial charge in [-0.2, -0.15) is 0 Å². The molecule has 0 saturated carbocycles. The van der Waals surface area contributed by atoms with Crippen molar-refractivity contribution in [3.8, 4) is 0 Å². The number of non-ortho nitro benzene ring substituents is 1. The molecule has 0 heterocycles. The summed E-state index contributed by atoms with van der Waals surface area (Å²) in [4.78, 5) is 24.2. The summed E-state index contributed by atoms with van der Waals surface area (Å²) >= 11 is 2.75. The molecular weight excluding hydrogens is 299 g/mol. The van der Waals surface area contributed by atoms with Crippen molar-refractivity contribution < 1.29 is 9.72 Å². The molecule has 0 N–H and O–H groups in total. The van der Waals surface area contributed by atoms with Crippen LogP contribution in [0.25, 0.3) is 0 Å². The van der Waals surface area contributed by atoms with Crippen LogP contribution in [0.2, 0.25) is 0 Å². The van der Waals surface area contributed by atoms with E-state index < -0.39 is 4.92 Å². The van der Waals surface area contributed by atoms with Crippen molar-refractivity contribution in [1.29, 1.82) is 0 Å². The fraction of sp³-hybridized carbons (Fsp3) is 0.333. The normalized spacial score (nSPS) is 9.89. The van der Waals surface area contributed by atoms with E-state index in [4.69, 9.17) is 0 Å². The van der Waals surface area contributed by atoms with Gasteiger partial charge >= 0.3 is 113 Å². The molecule has 0 atom stereocenters. The molecule has 0 saturated heterocycles. The van der Waals surface area contributed by atoms with Gasteiger partial charge in [0, 0.05) is 0 Å². The van der Waals surface area contributed by atoms with Crippen molar-refractivity contribution in [1.82, 2.24) is 4.90 Å². The summed E-state index contributed by atoms with van der Waals surface area (Å²) in [7, 11) is 0. The van der Waals surface area contributed by atoms with Gasteiger partial charge in [-0.05, 0) is 0 Å². The number of ketones is 1. The first-order chi connectivity index (χ1) is 8.51. The fourth-order valence-corrected chi connectivity index (χ4v) is 2.33. The molecule has 0 fully saturated rings. The van der Waals surface area contributed by atoms with Gasteiger partial charge in [0.1, 0.15) is 0 Å². The predicted molar refractivity (Wildman–Crippen MR) is 71.1 cm³/mol. The zero-order valence-corrected chi connectivity index (χ0v) is 12.0. The summed E-state index contributed by atoms with van der Waals surface area (Å²) in [5, 5.41) is 10.7. The number of likely N-dealkylation sites (N-methyl/N-ethyl adjacent to an activating group) is 1. The van der Waals surface area contributed by atoms with E-state index in [9.17, 15) is 14.9 Å². The molecule has 0 aliphatic rings. The maximum atomic E-state index is 12.1. The first kappa shape index (κ1) is 14.5. The number of carbonyl (C=O) groups excluding carboxylic acids is 1. The van der Waals surface area contributed by atoms with E-state index in [1.807, 2.05) is 18.7 Å². The molecule has 6 heteroatoms. The van der Waals surface area contributed by atoms with E-state index in [2.05, 4.69) is 15.6 Å². The molecule has 5 nitrogen and oxygen atoms in total. The topological polar surface area (TPSA) is 63.5 Å². The number of carbonyl (C=O) groups is 1. The minimum absolute atomic E-state index is 0.0757. The Morgan fingerprint density at radius 3 is 2.50 bits per heavy atom. The molecule has 0 aromatic heterocycles. The number of benzene rings is 1. The Morgan fingerprint density at radius 2 is 2.00 bits per heavy atom. The Hall–Kier alpha value is -1.52. The number of nitrogens with zero attached hydrogens (tertiary/aromatic N) is 2. The molecule has 1 aromatic rings. The van der Waals surface area contributed by atoms with Gasteiger partial charge in [-0.1, -0.05) is 0 Å². The molecular formula is C12H14N2O3Se. The average molecular weight is 313 g/mol. The van der Waals surface area contributed by atoms with Crippen molar-refractivity contribution in [2.75, 3.05) is 13.1 Å². The Labute approximate surface area is 113 Å². The first-order valence-electron chi connectivity index (χ1n) is 5.59. The van der Waals surface area contributed by atoms with E-state index in [0.29, 0.717) is 23.2 Å². The van der Waals surface area contributed by atoms with Crippen LogP contribution in [-0.4, -0.2) is 48.8 Å². The second-order valence-electron chi connectivity index (χ2n) is 3.61. The quantitative estimate of drug-likeness (QED) is 0.345. The van der Waals surface area contributed by atoms with Crippen LogP contribution in [0.3, 0.4) is 0 Å². The Morgan fingerprint density at radius 1 is 1.39 bits per heavy atom. The molecule has 0 aliphatic carbocycles. The fourth-order valence-electron chi connectivity index (χ4n) is 1.54. The monoisotopic (exact) mass is 314 g/mol. The van der Waals surface area contributed by atoms with E-state index in [-0.39, 0.29) is 11.5 Å².